The second-order valence-electron chi connectivity index (χ2n) is 14.8. The summed E-state index contributed by atoms with van der Waals surface area (Å²) in [6.45, 7) is 8.77. The lowest BCUT2D eigenvalue weighted by atomic mass is 10.1. The summed E-state index contributed by atoms with van der Waals surface area (Å²) in [6.07, 6.45) is 5.26. The van der Waals surface area contributed by atoms with Crippen molar-refractivity contribution in [3.8, 4) is 23.7 Å². The smallest absolute Gasteiger partial charge is 0.336 e. The van der Waals surface area contributed by atoms with Crippen molar-refractivity contribution >= 4 is 40.1 Å². The summed E-state index contributed by atoms with van der Waals surface area (Å²) >= 11 is 6.24. The number of halogens is 1. The first-order chi connectivity index (χ1) is 30.9. The van der Waals surface area contributed by atoms with E-state index in [0.29, 0.717) is 27.2 Å². The SMILES string of the molecule is CC.O=C(c1ccc(C#Cc2ccccc2)cc1)N1CCN(c2ccncc2)CC1.O=C(c1ccc(C#Cc2ccccc2)cc1)n1c(=O)n(C2CCNCC2)c2cc(Cl)ccc21. The molecule has 4 heterocycles. The molecule has 63 heavy (non-hydrogen) atoms. The van der Waals surface area contributed by atoms with Gasteiger partial charge in [0, 0.05) is 88.7 Å². The van der Waals surface area contributed by atoms with Gasteiger partial charge < -0.3 is 15.1 Å². The van der Waals surface area contributed by atoms with E-state index in [-0.39, 0.29) is 23.5 Å². The van der Waals surface area contributed by atoms with Crippen LogP contribution in [0.15, 0.2) is 157 Å². The van der Waals surface area contributed by atoms with Gasteiger partial charge >= 0.3 is 5.69 Å². The minimum Gasteiger partial charge on any atom is -0.368 e. The topological polar surface area (TPSA) is 92.5 Å². The molecule has 2 aromatic heterocycles. The standard InChI is InChI=1S/C27H22ClN3O2.C24H21N3O.C2H6/c28-22-12-13-24-25(18-22)30(23-14-16-29-17-15-23)27(33)31(24)26(32)21-10-8-20(9-11-21)7-6-19-4-2-1-3-5-19;28-24(27-18-16-26(17-19-27)23-12-14-25-15-13-23)22-10-8-21(9-11-22)7-6-20-4-2-1-3-5-20;1-2/h1-5,8-13,18,23,29H,14-17H2;1-5,8-15H,16-19H2;1-2H3. The van der Waals surface area contributed by atoms with Gasteiger partial charge in [0.2, 0.25) is 0 Å². The van der Waals surface area contributed by atoms with Crippen LogP contribution in [0, 0.1) is 23.7 Å². The van der Waals surface area contributed by atoms with Crippen molar-refractivity contribution in [1.82, 2.24) is 24.3 Å². The third-order valence-corrected chi connectivity index (χ3v) is 11.1. The number of pyridine rings is 1. The van der Waals surface area contributed by atoms with E-state index < -0.39 is 0 Å². The summed E-state index contributed by atoms with van der Waals surface area (Å²) in [5.41, 5.74) is 6.85. The fourth-order valence-electron chi connectivity index (χ4n) is 7.56. The molecular formula is C53H49ClN6O3. The Kier molecular flexibility index (Phi) is 15.0. The number of imidazole rings is 1. The fraction of sp³-hybridized carbons (Fsp3) is 0.208. The van der Waals surface area contributed by atoms with Gasteiger partial charge in [0.25, 0.3) is 11.8 Å². The van der Waals surface area contributed by atoms with Crippen LogP contribution in [0.5, 0.6) is 0 Å². The molecule has 2 aliphatic rings. The van der Waals surface area contributed by atoms with Gasteiger partial charge in [0.1, 0.15) is 0 Å². The van der Waals surface area contributed by atoms with Crippen molar-refractivity contribution in [3.63, 3.8) is 0 Å². The van der Waals surface area contributed by atoms with Crippen LogP contribution in [0.1, 0.15) is 75.7 Å². The molecule has 7 aromatic rings. The second kappa shape index (κ2) is 21.6. The van der Waals surface area contributed by atoms with Crippen LogP contribution in [-0.2, 0) is 0 Å². The van der Waals surface area contributed by atoms with Crippen molar-refractivity contribution < 1.29 is 9.59 Å². The summed E-state index contributed by atoms with van der Waals surface area (Å²) in [5, 5.41) is 3.86. The molecule has 0 radical (unpaired) electrons. The summed E-state index contributed by atoms with van der Waals surface area (Å²) in [4.78, 5) is 47.9. The average Bonchev–Trinajstić information content (AvgIpc) is 3.65. The molecule has 0 unspecified atom stereocenters. The zero-order valence-electron chi connectivity index (χ0n) is 35.5. The van der Waals surface area contributed by atoms with E-state index in [1.807, 2.05) is 116 Å². The Labute approximate surface area is 374 Å². The van der Waals surface area contributed by atoms with Gasteiger partial charge in [-0.2, -0.15) is 0 Å². The number of hydrogen-bond donors (Lipinski definition) is 1. The molecule has 0 bridgehead atoms. The minimum atomic E-state index is -0.359. The number of aromatic nitrogens is 3. The van der Waals surface area contributed by atoms with Gasteiger partial charge in [0.15, 0.2) is 0 Å². The van der Waals surface area contributed by atoms with E-state index in [1.165, 1.54) is 4.57 Å². The molecule has 1 amide bonds. The van der Waals surface area contributed by atoms with Crippen molar-refractivity contribution in [1.29, 1.82) is 0 Å². The maximum Gasteiger partial charge on any atom is 0.336 e. The Bertz CT molecular complexity index is 2800. The van der Waals surface area contributed by atoms with E-state index in [4.69, 9.17) is 11.6 Å². The van der Waals surface area contributed by atoms with Crippen LogP contribution in [-0.4, -0.2) is 70.1 Å². The van der Waals surface area contributed by atoms with E-state index in [1.54, 1.807) is 59.4 Å². The molecule has 5 aromatic carbocycles. The number of piperidine rings is 1. The molecule has 9 rings (SSSR count). The molecule has 316 valence electrons. The molecule has 0 spiro atoms. The summed E-state index contributed by atoms with van der Waals surface area (Å²) in [7, 11) is 0. The first-order valence-corrected chi connectivity index (χ1v) is 21.8. The molecule has 1 N–H and O–H groups in total. The number of piperazine rings is 1. The Morgan fingerprint density at radius 3 is 1.62 bits per heavy atom. The molecule has 2 aliphatic heterocycles. The number of fused-ring (bicyclic) bond motifs is 1. The van der Waals surface area contributed by atoms with E-state index in [0.717, 1.165) is 80.1 Å². The second-order valence-corrected chi connectivity index (χ2v) is 15.2. The number of nitrogens with one attached hydrogen (secondary N) is 1. The van der Waals surface area contributed by atoms with Gasteiger partial charge in [-0.15, -0.1) is 0 Å². The van der Waals surface area contributed by atoms with Crippen molar-refractivity contribution in [2.24, 2.45) is 0 Å². The first-order valence-electron chi connectivity index (χ1n) is 21.4. The van der Waals surface area contributed by atoms with Gasteiger partial charge in [-0.05, 0) is 129 Å². The Balaban J connectivity index is 0.000000184. The maximum atomic E-state index is 13.5. The largest absolute Gasteiger partial charge is 0.368 e. The fourth-order valence-corrected chi connectivity index (χ4v) is 7.73. The van der Waals surface area contributed by atoms with Gasteiger partial charge in [-0.25, -0.2) is 9.36 Å². The molecule has 0 saturated carbocycles. The highest BCUT2D eigenvalue weighted by Gasteiger charge is 2.26. The zero-order valence-corrected chi connectivity index (χ0v) is 36.3. The number of carbonyl (C=O) groups excluding carboxylic acids is 2. The van der Waals surface area contributed by atoms with E-state index in [9.17, 15) is 14.4 Å². The quantitative estimate of drug-likeness (QED) is 0.178. The normalized spacial score (nSPS) is 13.5. The number of carbonyl (C=O) groups is 2. The van der Waals surface area contributed by atoms with Crippen LogP contribution in [0.25, 0.3) is 11.0 Å². The highest BCUT2D eigenvalue weighted by molar-refractivity contribution is 6.31. The van der Waals surface area contributed by atoms with Crippen molar-refractivity contribution in [2.75, 3.05) is 44.2 Å². The minimum absolute atomic E-state index is 0.0319. The van der Waals surface area contributed by atoms with Crippen LogP contribution < -0.4 is 15.9 Å². The third kappa shape index (κ3) is 11.0. The van der Waals surface area contributed by atoms with Gasteiger partial charge in [0.05, 0.1) is 11.0 Å². The number of anilines is 1. The molecule has 10 heteroatoms. The van der Waals surface area contributed by atoms with Crippen LogP contribution in [0.2, 0.25) is 5.02 Å². The number of rotatable bonds is 4. The predicted molar refractivity (Wildman–Crippen MR) is 254 cm³/mol. The highest BCUT2D eigenvalue weighted by Crippen LogP contribution is 2.26. The Hall–Kier alpha value is -7.17. The molecular weight excluding hydrogens is 804 g/mol. The number of hydrogen-bond acceptors (Lipinski definition) is 6. The summed E-state index contributed by atoms with van der Waals surface area (Å²) < 4.78 is 3.00. The number of nitrogens with zero attached hydrogens (tertiary/aromatic N) is 5. The van der Waals surface area contributed by atoms with Crippen LogP contribution >= 0.6 is 11.6 Å². The lowest BCUT2D eigenvalue weighted by Crippen LogP contribution is -2.48. The summed E-state index contributed by atoms with van der Waals surface area (Å²) in [6, 6.07) is 43.5. The van der Waals surface area contributed by atoms with Crippen LogP contribution in [0.3, 0.4) is 0 Å². The van der Waals surface area contributed by atoms with Gasteiger partial charge in [-0.3, -0.25) is 19.1 Å². The van der Waals surface area contributed by atoms with Crippen LogP contribution in [0.4, 0.5) is 5.69 Å². The molecule has 2 fully saturated rings. The predicted octanol–water partition coefficient (Wildman–Crippen LogP) is 8.94. The van der Waals surface area contributed by atoms with Crippen molar-refractivity contribution in [2.45, 2.75) is 32.7 Å². The first kappa shape index (κ1) is 43.9. The molecule has 9 nitrogen and oxygen atoms in total. The summed E-state index contributed by atoms with van der Waals surface area (Å²) in [5.74, 6) is 12.2. The molecule has 0 atom stereocenters. The van der Waals surface area contributed by atoms with Gasteiger partial charge in [-0.1, -0.05) is 85.5 Å². The molecule has 2 saturated heterocycles. The lowest BCUT2D eigenvalue weighted by Gasteiger charge is -2.36. The third-order valence-electron chi connectivity index (χ3n) is 10.8. The maximum absolute atomic E-state index is 13.5. The monoisotopic (exact) mass is 852 g/mol. The highest BCUT2D eigenvalue weighted by atomic mass is 35.5. The Morgan fingerprint density at radius 1 is 0.603 bits per heavy atom. The Morgan fingerprint density at radius 2 is 1.10 bits per heavy atom. The lowest BCUT2D eigenvalue weighted by molar-refractivity contribution is 0.0746. The average molecular weight is 853 g/mol. The number of benzene rings is 5. The zero-order chi connectivity index (χ0) is 44.0. The van der Waals surface area contributed by atoms with E-state index >= 15 is 0 Å². The molecule has 0 aliphatic carbocycles. The van der Waals surface area contributed by atoms with E-state index in [2.05, 4.69) is 38.9 Å². The number of amides is 1. The van der Waals surface area contributed by atoms with Crippen molar-refractivity contribution in [3.05, 3.63) is 201 Å².